The van der Waals surface area contributed by atoms with Gasteiger partial charge in [-0.25, -0.2) is 18.4 Å². The van der Waals surface area contributed by atoms with Crippen molar-refractivity contribution in [3.8, 4) is 0 Å². The summed E-state index contributed by atoms with van der Waals surface area (Å²) in [5.41, 5.74) is -3.98. The van der Waals surface area contributed by atoms with Gasteiger partial charge in [-0.1, -0.05) is 6.07 Å². The summed E-state index contributed by atoms with van der Waals surface area (Å²) in [6, 6.07) is 2.23. The van der Waals surface area contributed by atoms with Gasteiger partial charge >= 0.3 is 18.1 Å². The van der Waals surface area contributed by atoms with Crippen molar-refractivity contribution in [3.05, 3.63) is 57.7 Å². The Balaban J connectivity index is 2.91. The van der Waals surface area contributed by atoms with Gasteiger partial charge in [0.2, 0.25) is 0 Å². The van der Waals surface area contributed by atoms with E-state index < -0.39 is 70.6 Å². The highest BCUT2D eigenvalue weighted by Gasteiger charge is 2.45. The summed E-state index contributed by atoms with van der Waals surface area (Å²) >= 11 is 0. The first kappa shape index (κ1) is 23.4. The Morgan fingerprint density at radius 3 is 2.30 bits per heavy atom. The molecule has 0 bridgehead atoms. The van der Waals surface area contributed by atoms with E-state index >= 15 is 0 Å². The molecule has 10 heteroatoms. The summed E-state index contributed by atoms with van der Waals surface area (Å²) in [7, 11) is 0.936. The van der Waals surface area contributed by atoms with E-state index in [4.69, 9.17) is 4.74 Å². The molecule has 1 atom stereocenters. The number of allylic oxidation sites excluding steroid dienone is 2. The lowest BCUT2D eigenvalue weighted by Gasteiger charge is -2.32. The number of hydrogen-bond acceptors (Lipinski definition) is 5. The van der Waals surface area contributed by atoms with Gasteiger partial charge in [0.25, 0.3) is 0 Å². The zero-order chi connectivity index (χ0) is 22.8. The summed E-state index contributed by atoms with van der Waals surface area (Å²) < 4.78 is 79.2. The number of ether oxygens (including phenoxy) is 2. The van der Waals surface area contributed by atoms with Crippen LogP contribution >= 0.6 is 0 Å². The predicted molar refractivity (Wildman–Crippen MR) is 96.2 cm³/mol. The van der Waals surface area contributed by atoms with Crippen LogP contribution in [0.15, 0.2) is 40.7 Å². The van der Waals surface area contributed by atoms with Crippen molar-refractivity contribution < 1.29 is 41.0 Å². The molecule has 0 saturated heterocycles. The molecule has 0 spiro atoms. The minimum atomic E-state index is -5.01. The third-order valence-electron chi connectivity index (χ3n) is 4.39. The van der Waals surface area contributed by atoms with Crippen LogP contribution in [0.2, 0.25) is 0 Å². The molecule has 1 aromatic rings. The van der Waals surface area contributed by atoms with E-state index in [0.717, 1.165) is 19.2 Å². The molecule has 0 amide bonds. The summed E-state index contributed by atoms with van der Waals surface area (Å²) in [5, 5.41) is 2.49. The SMILES string of the molecule is COC(=O)C1=C(CF)NC(C)=C(C(=O)OC(C)C)C1c1c(F)cccc1C(F)(F)F. The Kier molecular flexibility index (Phi) is 6.89. The van der Waals surface area contributed by atoms with Gasteiger partial charge in [-0.15, -0.1) is 0 Å². The second-order valence-corrected chi connectivity index (χ2v) is 6.77. The molecule has 30 heavy (non-hydrogen) atoms. The van der Waals surface area contributed by atoms with Crippen LogP contribution in [0.5, 0.6) is 0 Å². The smallest absolute Gasteiger partial charge is 0.416 e. The number of carbonyl (C=O) groups excluding carboxylic acids is 2. The van der Waals surface area contributed by atoms with Crippen LogP contribution in [-0.4, -0.2) is 31.8 Å². The van der Waals surface area contributed by atoms with Crippen molar-refractivity contribution in [3.63, 3.8) is 0 Å². The molecule has 1 aliphatic heterocycles. The molecule has 2 rings (SSSR count). The highest BCUT2D eigenvalue weighted by Crippen LogP contribution is 2.45. The van der Waals surface area contributed by atoms with Crippen LogP contribution in [-0.2, 0) is 25.2 Å². The van der Waals surface area contributed by atoms with Gasteiger partial charge in [0.1, 0.15) is 12.5 Å². The number of halogens is 5. The monoisotopic (exact) mass is 433 g/mol. The van der Waals surface area contributed by atoms with Crippen LogP contribution in [0.4, 0.5) is 22.0 Å². The lowest BCUT2D eigenvalue weighted by Crippen LogP contribution is -2.35. The first-order chi connectivity index (χ1) is 13.9. The quantitative estimate of drug-likeness (QED) is 0.558. The van der Waals surface area contributed by atoms with E-state index in [1.807, 2.05) is 0 Å². The van der Waals surface area contributed by atoms with Crippen LogP contribution in [0.25, 0.3) is 0 Å². The number of carbonyl (C=O) groups is 2. The van der Waals surface area contributed by atoms with Crippen molar-refractivity contribution in [2.75, 3.05) is 13.8 Å². The fourth-order valence-corrected chi connectivity index (χ4v) is 3.27. The molecule has 1 unspecified atom stereocenters. The van der Waals surface area contributed by atoms with E-state index in [9.17, 15) is 31.5 Å². The van der Waals surface area contributed by atoms with Crippen molar-refractivity contribution in [2.24, 2.45) is 0 Å². The lowest BCUT2D eigenvalue weighted by molar-refractivity contribution is -0.144. The maximum Gasteiger partial charge on any atom is 0.416 e. The molecule has 0 aliphatic carbocycles. The predicted octanol–water partition coefficient (Wildman–Crippen LogP) is 4.15. The minimum absolute atomic E-state index is 0.0673. The fraction of sp³-hybridized carbons (Fsp3) is 0.400. The topological polar surface area (TPSA) is 64.6 Å². The fourth-order valence-electron chi connectivity index (χ4n) is 3.27. The van der Waals surface area contributed by atoms with Gasteiger partial charge in [0.15, 0.2) is 0 Å². The van der Waals surface area contributed by atoms with Gasteiger partial charge in [-0.3, -0.25) is 0 Å². The zero-order valence-corrected chi connectivity index (χ0v) is 16.6. The maximum atomic E-state index is 14.8. The Labute approximate surface area is 169 Å². The minimum Gasteiger partial charge on any atom is -0.466 e. The van der Waals surface area contributed by atoms with Gasteiger partial charge in [-0.05, 0) is 32.9 Å². The highest BCUT2D eigenvalue weighted by atomic mass is 19.4. The van der Waals surface area contributed by atoms with Crippen LogP contribution in [0, 0.1) is 5.82 Å². The van der Waals surface area contributed by atoms with E-state index in [2.05, 4.69) is 10.1 Å². The van der Waals surface area contributed by atoms with Crippen LogP contribution in [0.1, 0.15) is 37.8 Å². The molecule has 1 aliphatic rings. The molecule has 0 fully saturated rings. The Hall–Kier alpha value is -2.91. The Morgan fingerprint density at radius 2 is 1.80 bits per heavy atom. The first-order valence-electron chi connectivity index (χ1n) is 8.85. The number of benzene rings is 1. The molecule has 0 saturated carbocycles. The first-order valence-corrected chi connectivity index (χ1v) is 8.85. The Morgan fingerprint density at radius 1 is 1.17 bits per heavy atom. The standard InChI is InChI=1S/C20H20F5NO4/c1-9(2)30-19(28)14-10(3)26-13(8-21)16(18(27)29-4)17(14)15-11(20(23,24)25)6-5-7-12(15)22/h5-7,9,17,26H,8H2,1-4H3. The summed E-state index contributed by atoms with van der Waals surface area (Å²) in [6.45, 7) is 3.02. The summed E-state index contributed by atoms with van der Waals surface area (Å²) in [6.07, 6.45) is -5.67. The number of methoxy groups -OCH3 is 1. The molecule has 1 aromatic carbocycles. The summed E-state index contributed by atoms with van der Waals surface area (Å²) in [5.74, 6) is -5.50. The number of esters is 2. The van der Waals surface area contributed by atoms with E-state index in [1.165, 1.54) is 20.8 Å². The molecule has 1 N–H and O–H groups in total. The van der Waals surface area contributed by atoms with Gasteiger partial charge in [-0.2, -0.15) is 13.2 Å². The average Bonchev–Trinajstić information content (AvgIpc) is 2.64. The summed E-state index contributed by atoms with van der Waals surface area (Å²) in [4.78, 5) is 25.2. The average molecular weight is 433 g/mol. The largest absolute Gasteiger partial charge is 0.466 e. The van der Waals surface area contributed by atoms with Crippen molar-refractivity contribution in [1.29, 1.82) is 0 Å². The van der Waals surface area contributed by atoms with Gasteiger partial charge in [0, 0.05) is 11.3 Å². The van der Waals surface area contributed by atoms with E-state index in [-0.39, 0.29) is 5.70 Å². The lowest BCUT2D eigenvalue weighted by atomic mass is 9.78. The molecule has 1 heterocycles. The number of alkyl halides is 4. The third kappa shape index (κ3) is 4.47. The number of hydrogen-bond donors (Lipinski definition) is 1. The number of dihydropyridines is 1. The normalized spacial score (nSPS) is 17.2. The molecule has 0 radical (unpaired) electrons. The maximum absolute atomic E-state index is 14.8. The molecule has 5 nitrogen and oxygen atoms in total. The third-order valence-corrected chi connectivity index (χ3v) is 4.39. The van der Waals surface area contributed by atoms with Crippen molar-refractivity contribution >= 4 is 11.9 Å². The molecular formula is C20H20F5NO4. The second kappa shape index (κ2) is 8.85. The van der Waals surface area contributed by atoms with Gasteiger partial charge < -0.3 is 14.8 Å². The van der Waals surface area contributed by atoms with Gasteiger partial charge in [0.05, 0.1) is 41.5 Å². The van der Waals surface area contributed by atoms with Crippen molar-refractivity contribution in [1.82, 2.24) is 5.32 Å². The molecule has 164 valence electrons. The second-order valence-electron chi connectivity index (χ2n) is 6.77. The van der Waals surface area contributed by atoms with E-state index in [1.54, 1.807) is 0 Å². The van der Waals surface area contributed by atoms with Crippen molar-refractivity contribution in [2.45, 2.75) is 39.0 Å². The van der Waals surface area contributed by atoms with Crippen LogP contribution in [0.3, 0.4) is 0 Å². The zero-order valence-electron chi connectivity index (χ0n) is 16.6. The highest BCUT2D eigenvalue weighted by molar-refractivity contribution is 6.00. The number of rotatable bonds is 5. The molecular weight excluding hydrogens is 413 g/mol. The Bertz CT molecular complexity index is 918. The van der Waals surface area contributed by atoms with Crippen LogP contribution < -0.4 is 5.32 Å². The molecule has 0 aromatic heterocycles. The van der Waals surface area contributed by atoms with E-state index in [0.29, 0.717) is 6.07 Å². The number of nitrogens with one attached hydrogen (secondary N) is 1.